The number of benzene rings is 1. The van der Waals surface area contributed by atoms with Gasteiger partial charge in [-0.2, -0.15) is 0 Å². The summed E-state index contributed by atoms with van der Waals surface area (Å²) in [6, 6.07) is 8.61. The minimum Gasteiger partial charge on any atom is -0.372 e. The van der Waals surface area contributed by atoms with Gasteiger partial charge in [-0.3, -0.25) is 4.79 Å². The van der Waals surface area contributed by atoms with Gasteiger partial charge in [-0.05, 0) is 51.3 Å². The highest BCUT2D eigenvalue weighted by Crippen LogP contribution is 2.25. The summed E-state index contributed by atoms with van der Waals surface area (Å²) in [5.74, 6) is 0.162. The van der Waals surface area contributed by atoms with Crippen LogP contribution in [0.2, 0.25) is 0 Å². The number of carbonyl (C=O) groups is 1. The minimum absolute atomic E-state index is 0.0558. The molecule has 0 radical (unpaired) electrons. The van der Waals surface area contributed by atoms with Crippen LogP contribution in [0, 0.1) is 5.92 Å². The van der Waals surface area contributed by atoms with E-state index in [0.29, 0.717) is 6.04 Å². The summed E-state index contributed by atoms with van der Waals surface area (Å²) in [7, 11) is 2.06. The van der Waals surface area contributed by atoms with E-state index in [2.05, 4.69) is 37.2 Å². The topological polar surface area (TPSA) is 58.4 Å². The van der Waals surface area contributed by atoms with Crippen LogP contribution in [0.5, 0.6) is 0 Å². The maximum atomic E-state index is 12.3. The van der Waals surface area contributed by atoms with E-state index in [-0.39, 0.29) is 17.9 Å². The predicted octanol–water partition coefficient (Wildman–Crippen LogP) is 2.99. The molecule has 1 aliphatic rings. The molecule has 4 nitrogen and oxygen atoms in total. The third kappa shape index (κ3) is 4.21. The molecule has 0 aliphatic heterocycles. The molecular formula is C17H27N3O. The molecule has 1 aromatic carbocycles. The number of anilines is 2. The number of hydrogen-bond acceptors (Lipinski definition) is 3. The molecule has 0 saturated heterocycles. The lowest BCUT2D eigenvalue weighted by atomic mass is 9.85. The van der Waals surface area contributed by atoms with Crippen LogP contribution in [0.3, 0.4) is 0 Å². The Balaban J connectivity index is 2.02. The average molecular weight is 289 g/mol. The molecule has 116 valence electrons. The molecular weight excluding hydrogens is 262 g/mol. The highest BCUT2D eigenvalue weighted by atomic mass is 16.1. The molecule has 2 unspecified atom stereocenters. The van der Waals surface area contributed by atoms with Gasteiger partial charge < -0.3 is 16.0 Å². The quantitative estimate of drug-likeness (QED) is 0.896. The Labute approximate surface area is 127 Å². The Hall–Kier alpha value is -1.55. The molecule has 3 N–H and O–H groups in total. The number of nitrogens with one attached hydrogen (secondary N) is 1. The lowest BCUT2D eigenvalue weighted by Gasteiger charge is -2.26. The van der Waals surface area contributed by atoms with Crippen LogP contribution >= 0.6 is 0 Å². The molecule has 1 amide bonds. The second-order valence-electron chi connectivity index (χ2n) is 6.37. The van der Waals surface area contributed by atoms with Gasteiger partial charge in [0.1, 0.15) is 0 Å². The largest absolute Gasteiger partial charge is 0.372 e. The molecule has 0 aromatic heterocycles. The third-order valence-corrected chi connectivity index (χ3v) is 4.38. The van der Waals surface area contributed by atoms with Gasteiger partial charge in [0, 0.05) is 36.4 Å². The molecule has 21 heavy (non-hydrogen) atoms. The second-order valence-corrected chi connectivity index (χ2v) is 6.37. The van der Waals surface area contributed by atoms with E-state index >= 15 is 0 Å². The summed E-state index contributed by atoms with van der Waals surface area (Å²) >= 11 is 0. The lowest BCUT2D eigenvalue weighted by Crippen LogP contribution is -2.34. The maximum absolute atomic E-state index is 12.3. The summed E-state index contributed by atoms with van der Waals surface area (Å²) in [6.07, 6.45) is 3.84. The molecule has 4 heteroatoms. The van der Waals surface area contributed by atoms with Gasteiger partial charge in [-0.1, -0.05) is 12.5 Å². The maximum Gasteiger partial charge on any atom is 0.227 e. The van der Waals surface area contributed by atoms with Gasteiger partial charge in [0.05, 0.1) is 0 Å². The first kappa shape index (κ1) is 15.8. The zero-order valence-corrected chi connectivity index (χ0v) is 13.3. The van der Waals surface area contributed by atoms with Crippen molar-refractivity contribution in [2.24, 2.45) is 11.7 Å². The molecule has 1 aromatic rings. The number of hydrogen-bond donors (Lipinski definition) is 2. The zero-order chi connectivity index (χ0) is 15.4. The Morgan fingerprint density at radius 3 is 2.81 bits per heavy atom. The van der Waals surface area contributed by atoms with Crippen molar-refractivity contribution in [3.63, 3.8) is 0 Å². The lowest BCUT2D eigenvalue weighted by molar-refractivity contribution is -0.120. The standard InChI is InChI=1S/C17H27N3O/c1-12(2)20(3)16-9-5-8-15(11-16)19-17(21)13-6-4-7-14(18)10-13/h5,8-9,11-14H,4,6-7,10,18H2,1-3H3,(H,19,21). The van der Waals surface area contributed by atoms with Crippen LogP contribution in [0.4, 0.5) is 11.4 Å². The Morgan fingerprint density at radius 2 is 2.14 bits per heavy atom. The summed E-state index contributed by atoms with van der Waals surface area (Å²) in [5.41, 5.74) is 7.95. The number of rotatable bonds is 4. The number of nitrogens with two attached hydrogens (primary N) is 1. The molecule has 1 aliphatic carbocycles. The normalized spacial score (nSPS) is 22.1. The first-order chi connectivity index (χ1) is 9.97. The Kier molecular flexibility index (Phi) is 5.23. The molecule has 2 atom stereocenters. The van der Waals surface area contributed by atoms with E-state index in [1.165, 1.54) is 0 Å². The van der Waals surface area contributed by atoms with E-state index in [1.807, 2.05) is 18.2 Å². The van der Waals surface area contributed by atoms with Crippen LogP contribution in [-0.4, -0.2) is 25.0 Å². The summed E-state index contributed by atoms with van der Waals surface area (Å²) in [5, 5.41) is 3.05. The van der Waals surface area contributed by atoms with E-state index in [1.54, 1.807) is 0 Å². The number of carbonyl (C=O) groups excluding carboxylic acids is 1. The zero-order valence-electron chi connectivity index (χ0n) is 13.3. The third-order valence-electron chi connectivity index (χ3n) is 4.38. The molecule has 1 fully saturated rings. The van der Waals surface area contributed by atoms with Crippen molar-refractivity contribution in [2.75, 3.05) is 17.3 Å². The van der Waals surface area contributed by atoms with Crippen molar-refractivity contribution in [3.8, 4) is 0 Å². The average Bonchev–Trinajstić information content (AvgIpc) is 2.46. The fourth-order valence-corrected chi connectivity index (χ4v) is 2.81. The first-order valence-electron chi connectivity index (χ1n) is 7.86. The first-order valence-corrected chi connectivity index (χ1v) is 7.86. The molecule has 0 bridgehead atoms. The van der Waals surface area contributed by atoms with Gasteiger partial charge in [0.2, 0.25) is 5.91 Å². The summed E-state index contributed by atoms with van der Waals surface area (Å²) in [4.78, 5) is 14.5. The van der Waals surface area contributed by atoms with Crippen molar-refractivity contribution in [2.45, 2.75) is 51.6 Å². The minimum atomic E-state index is 0.0558. The van der Waals surface area contributed by atoms with Crippen LogP contribution in [0.15, 0.2) is 24.3 Å². The SMILES string of the molecule is CC(C)N(C)c1cccc(NC(=O)C2CCCC(N)C2)c1. The van der Waals surface area contributed by atoms with Crippen LogP contribution < -0.4 is 16.0 Å². The van der Waals surface area contributed by atoms with Gasteiger partial charge in [0.25, 0.3) is 0 Å². The molecule has 2 rings (SSSR count). The van der Waals surface area contributed by atoms with Crippen molar-refractivity contribution in [3.05, 3.63) is 24.3 Å². The van der Waals surface area contributed by atoms with E-state index in [4.69, 9.17) is 5.73 Å². The predicted molar refractivity (Wildman–Crippen MR) is 88.5 cm³/mol. The van der Waals surface area contributed by atoms with E-state index in [9.17, 15) is 4.79 Å². The van der Waals surface area contributed by atoms with Crippen molar-refractivity contribution in [1.82, 2.24) is 0 Å². The molecule has 0 heterocycles. The highest BCUT2D eigenvalue weighted by Gasteiger charge is 2.25. The van der Waals surface area contributed by atoms with Crippen molar-refractivity contribution < 1.29 is 4.79 Å². The molecule has 1 saturated carbocycles. The van der Waals surface area contributed by atoms with Gasteiger partial charge >= 0.3 is 0 Å². The number of amides is 1. The van der Waals surface area contributed by atoms with E-state index in [0.717, 1.165) is 37.1 Å². The van der Waals surface area contributed by atoms with E-state index < -0.39 is 0 Å². The number of nitrogens with zero attached hydrogens (tertiary/aromatic N) is 1. The summed E-state index contributed by atoms with van der Waals surface area (Å²) in [6.45, 7) is 4.29. The summed E-state index contributed by atoms with van der Waals surface area (Å²) < 4.78 is 0. The second kappa shape index (κ2) is 6.94. The fraction of sp³-hybridized carbons (Fsp3) is 0.588. The van der Waals surface area contributed by atoms with Crippen molar-refractivity contribution in [1.29, 1.82) is 0 Å². The van der Waals surface area contributed by atoms with Crippen molar-refractivity contribution >= 4 is 17.3 Å². The monoisotopic (exact) mass is 289 g/mol. The fourth-order valence-electron chi connectivity index (χ4n) is 2.81. The van der Waals surface area contributed by atoms with Gasteiger partial charge in [-0.25, -0.2) is 0 Å². The van der Waals surface area contributed by atoms with Gasteiger partial charge in [-0.15, -0.1) is 0 Å². The van der Waals surface area contributed by atoms with Crippen LogP contribution in [0.1, 0.15) is 39.5 Å². The van der Waals surface area contributed by atoms with Gasteiger partial charge in [0.15, 0.2) is 0 Å². The Morgan fingerprint density at radius 1 is 1.38 bits per heavy atom. The highest BCUT2D eigenvalue weighted by molar-refractivity contribution is 5.93. The smallest absolute Gasteiger partial charge is 0.227 e. The molecule has 0 spiro atoms. The van der Waals surface area contributed by atoms with Crippen LogP contribution in [0.25, 0.3) is 0 Å². The Bertz CT molecular complexity index is 487. The van der Waals surface area contributed by atoms with Crippen LogP contribution in [-0.2, 0) is 4.79 Å².